The van der Waals surface area contributed by atoms with Gasteiger partial charge in [-0.05, 0) is 29.2 Å². The summed E-state index contributed by atoms with van der Waals surface area (Å²) >= 11 is 1.51. The Morgan fingerprint density at radius 1 is 1.03 bits per heavy atom. The molecule has 30 heavy (non-hydrogen) atoms. The largest absolute Gasteiger partial charge is 0.294 e. The molecule has 0 fully saturated rings. The lowest BCUT2D eigenvalue weighted by Gasteiger charge is -2.20. The van der Waals surface area contributed by atoms with Gasteiger partial charge in [0.1, 0.15) is 0 Å². The molecule has 0 bridgehead atoms. The van der Waals surface area contributed by atoms with Crippen LogP contribution in [0.1, 0.15) is 43.5 Å². The molecule has 4 rings (SSSR count). The molecule has 154 valence electrons. The van der Waals surface area contributed by atoms with Gasteiger partial charge in [0.2, 0.25) is 0 Å². The predicted molar refractivity (Wildman–Crippen MR) is 125 cm³/mol. The van der Waals surface area contributed by atoms with Gasteiger partial charge in [0.25, 0.3) is 5.56 Å². The highest BCUT2D eigenvalue weighted by Crippen LogP contribution is 2.24. The number of nitrogens with zero attached hydrogens (tertiary/aromatic N) is 3. The lowest BCUT2D eigenvalue weighted by atomic mass is 10.0. The molecule has 0 aliphatic rings. The smallest absolute Gasteiger partial charge is 0.259 e. The molecule has 0 aliphatic heterocycles. The molecule has 0 atom stereocenters. The summed E-state index contributed by atoms with van der Waals surface area (Å²) in [7, 11) is 0. The Morgan fingerprint density at radius 2 is 1.77 bits per heavy atom. The summed E-state index contributed by atoms with van der Waals surface area (Å²) in [5.74, 6) is 0.539. The van der Waals surface area contributed by atoms with Crippen molar-refractivity contribution in [3.63, 3.8) is 0 Å². The number of aromatic nitrogens is 2. The second-order valence-electron chi connectivity index (χ2n) is 7.89. The highest BCUT2D eigenvalue weighted by atomic mass is 32.1. The second kappa shape index (κ2) is 8.94. The Morgan fingerprint density at radius 3 is 2.43 bits per heavy atom. The van der Waals surface area contributed by atoms with Gasteiger partial charge in [-0.2, -0.15) is 0 Å². The zero-order valence-electron chi connectivity index (χ0n) is 17.7. The predicted octanol–water partition coefficient (Wildman–Crippen LogP) is 5.57. The summed E-state index contributed by atoms with van der Waals surface area (Å²) in [6.45, 7) is 8.96. The number of thiazole rings is 1. The van der Waals surface area contributed by atoms with Crippen LogP contribution < -0.4 is 5.56 Å². The summed E-state index contributed by atoms with van der Waals surface area (Å²) in [6, 6.07) is 20.5. The number of hydrogen-bond donors (Lipinski definition) is 0. The SMILES string of the molecule is CCN(Cc1ccc(C(C)C)cc1)Cc1cc(=O)n2c(-c3ccccc3)csc2n1. The van der Waals surface area contributed by atoms with E-state index in [1.165, 1.54) is 22.5 Å². The van der Waals surface area contributed by atoms with E-state index < -0.39 is 0 Å². The molecule has 0 spiro atoms. The Bertz CT molecular complexity index is 1180. The van der Waals surface area contributed by atoms with Crippen molar-refractivity contribution in [1.82, 2.24) is 14.3 Å². The third-order valence-corrected chi connectivity index (χ3v) is 6.24. The van der Waals surface area contributed by atoms with Crippen LogP contribution in [0.2, 0.25) is 0 Å². The summed E-state index contributed by atoms with van der Waals surface area (Å²) in [4.78, 5) is 20.7. The topological polar surface area (TPSA) is 37.6 Å². The molecule has 4 aromatic rings. The molecular weight excluding hydrogens is 390 g/mol. The van der Waals surface area contributed by atoms with Crippen molar-refractivity contribution in [3.05, 3.63) is 93.2 Å². The highest BCUT2D eigenvalue weighted by Gasteiger charge is 2.13. The van der Waals surface area contributed by atoms with E-state index in [2.05, 4.69) is 49.9 Å². The summed E-state index contributed by atoms with van der Waals surface area (Å²) in [6.07, 6.45) is 0. The van der Waals surface area contributed by atoms with Gasteiger partial charge in [0, 0.05) is 24.5 Å². The van der Waals surface area contributed by atoms with Crippen LogP contribution in [-0.2, 0) is 13.1 Å². The van der Waals surface area contributed by atoms with Crippen molar-refractivity contribution < 1.29 is 0 Å². The van der Waals surface area contributed by atoms with Crippen LogP contribution >= 0.6 is 11.3 Å². The van der Waals surface area contributed by atoms with Gasteiger partial charge < -0.3 is 0 Å². The average molecular weight is 418 g/mol. The zero-order valence-corrected chi connectivity index (χ0v) is 18.5. The molecule has 0 saturated carbocycles. The number of benzene rings is 2. The maximum absolute atomic E-state index is 12.9. The third-order valence-electron chi connectivity index (χ3n) is 5.41. The first kappa shape index (κ1) is 20.5. The molecule has 2 heterocycles. The first-order valence-electron chi connectivity index (χ1n) is 10.4. The van der Waals surface area contributed by atoms with E-state index in [4.69, 9.17) is 4.98 Å². The maximum atomic E-state index is 12.9. The molecule has 4 nitrogen and oxygen atoms in total. The fourth-order valence-corrected chi connectivity index (χ4v) is 4.55. The van der Waals surface area contributed by atoms with Crippen molar-refractivity contribution in [2.24, 2.45) is 0 Å². The molecule has 0 radical (unpaired) electrons. The third kappa shape index (κ3) is 4.37. The summed E-state index contributed by atoms with van der Waals surface area (Å²) < 4.78 is 1.71. The number of hydrogen-bond acceptors (Lipinski definition) is 4. The Kier molecular flexibility index (Phi) is 6.11. The minimum atomic E-state index is -0.0209. The van der Waals surface area contributed by atoms with Crippen molar-refractivity contribution in [1.29, 1.82) is 0 Å². The van der Waals surface area contributed by atoms with Crippen LogP contribution in [0.15, 0.2) is 70.8 Å². The second-order valence-corrected chi connectivity index (χ2v) is 8.73. The fourth-order valence-electron chi connectivity index (χ4n) is 3.63. The van der Waals surface area contributed by atoms with Crippen molar-refractivity contribution in [3.8, 4) is 11.3 Å². The molecule has 0 N–H and O–H groups in total. The Labute approximate surface area is 181 Å². The van der Waals surface area contributed by atoms with Crippen LogP contribution in [0.4, 0.5) is 0 Å². The minimum Gasteiger partial charge on any atom is -0.294 e. The Balaban J connectivity index is 1.56. The molecule has 0 unspecified atom stereocenters. The minimum absolute atomic E-state index is 0.0209. The van der Waals surface area contributed by atoms with Gasteiger partial charge in [-0.1, -0.05) is 75.4 Å². The van der Waals surface area contributed by atoms with E-state index in [-0.39, 0.29) is 5.56 Å². The fraction of sp³-hybridized carbons (Fsp3) is 0.280. The van der Waals surface area contributed by atoms with E-state index in [1.54, 1.807) is 10.5 Å². The lowest BCUT2D eigenvalue weighted by Crippen LogP contribution is -2.25. The molecule has 0 amide bonds. The van der Waals surface area contributed by atoms with E-state index in [0.717, 1.165) is 35.0 Å². The quantitative estimate of drug-likeness (QED) is 0.395. The normalized spacial score (nSPS) is 11.6. The first-order valence-corrected chi connectivity index (χ1v) is 11.3. The lowest BCUT2D eigenvalue weighted by molar-refractivity contribution is 0.268. The molecule has 5 heteroatoms. The Hall–Kier alpha value is -2.76. The molecule has 2 aromatic carbocycles. The van der Waals surface area contributed by atoms with Crippen molar-refractivity contribution in [2.45, 2.75) is 39.8 Å². The van der Waals surface area contributed by atoms with Crippen LogP contribution in [0.25, 0.3) is 16.2 Å². The van der Waals surface area contributed by atoms with E-state index >= 15 is 0 Å². The number of rotatable bonds is 7. The average Bonchev–Trinajstić information content (AvgIpc) is 3.19. The monoisotopic (exact) mass is 417 g/mol. The van der Waals surface area contributed by atoms with Crippen molar-refractivity contribution in [2.75, 3.05) is 6.54 Å². The van der Waals surface area contributed by atoms with Gasteiger partial charge in [-0.3, -0.25) is 14.1 Å². The molecule has 0 aliphatic carbocycles. The van der Waals surface area contributed by atoms with Gasteiger partial charge in [0.15, 0.2) is 4.96 Å². The molecule has 2 aromatic heterocycles. The van der Waals surface area contributed by atoms with Gasteiger partial charge >= 0.3 is 0 Å². The van der Waals surface area contributed by atoms with Crippen molar-refractivity contribution >= 4 is 16.3 Å². The standard InChI is InChI=1S/C25H27N3OS/c1-4-27(15-19-10-12-20(13-11-19)18(2)3)16-22-14-24(29)28-23(17-30-25(28)26-22)21-8-6-5-7-9-21/h5-14,17-18H,4,15-16H2,1-3H3. The van der Waals surface area contributed by atoms with Gasteiger partial charge in [-0.15, -0.1) is 11.3 Å². The van der Waals surface area contributed by atoms with Crippen LogP contribution in [0, 0.1) is 0 Å². The van der Waals surface area contributed by atoms with Crippen LogP contribution in [0.3, 0.4) is 0 Å². The van der Waals surface area contributed by atoms with Gasteiger partial charge in [0.05, 0.1) is 11.4 Å². The zero-order chi connectivity index (χ0) is 21.1. The highest BCUT2D eigenvalue weighted by molar-refractivity contribution is 7.15. The van der Waals surface area contributed by atoms with Crippen LogP contribution in [-0.4, -0.2) is 20.8 Å². The first-order chi connectivity index (χ1) is 14.5. The summed E-state index contributed by atoms with van der Waals surface area (Å²) in [5.41, 5.74) is 5.36. The molecule has 0 saturated heterocycles. The van der Waals surface area contributed by atoms with E-state index in [1.807, 2.05) is 35.7 Å². The summed E-state index contributed by atoms with van der Waals surface area (Å²) in [5, 5.41) is 2.01. The van der Waals surface area contributed by atoms with Gasteiger partial charge in [-0.25, -0.2) is 4.98 Å². The van der Waals surface area contributed by atoms with E-state index in [9.17, 15) is 4.79 Å². The maximum Gasteiger partial charge on any atom is 0.259 e. The molecular formula is C25H27N3OS. The van der Waals surface area contributed by atoms with Crippen LogP contribution in [0.5, 0.6) is 0 Å². The van der Waals surface area contributed by atoms with E-state index in [0.29, 0.717) is 12.5 Å². The number of fused-ring (bicyclic) bond motifs is 1.